The molecule has 0 saturated heterocycles. The molecule has 0 amide bonds. The number of furan rings is 1. The van der Waals surface area contributed by atoms with Crippen LogP contribution in [-0.4, -0.2) is 5.78 Å². The second-order valence-corrected chi connectivity index (χ2v) is 4.53. The van der Waals surface area contributed by atoms with Crippen molar-refractivity contribution in [1.29, 1.82) is 0 Å². The highest BCUT2D eigenvalue weighted by molar-refractivity contribution is 9.10. The summed E-state index contributed by atoms with van der Waals surface area (Å²) in [5.74, 6) is 0.987. The molecular formula is C13H11BrO2. The second kappa shape index (κ2) is 4.66. The van der Waals surface area contributed by atoms with Gasteiger partial charge in [0.1, 0.15) is 11.5 Å². The summed E-state index contributed by atoms with van der Waals surface area (Å²) in [6.45, 7) is 1.59. The molecule has 0 N–H and O–H groups in total. The third kappa shape index (κ3) is 2.42. The Labute approximate surface area is 102 Å². The molecule has 0 radical (unpaired) electrons. The van der Waals surface area contributed by atoms with E-state index in [4.69, 9.17) is 4.42 Å². The third-order valence-electron chi connectivity index (χ3n) is 2.29. The van der Waals surface area contributed by atoms with E-state index in [9.17, 15) is 4.79 Å². The number of carbonyl (C=O) groups excluding carboxylic acids is 1. The van der Waals surface area contributed by atoms with Crippen LogP contribution in [0.1, 0.15) is 12.5 Å². The monoisotopic (exact) mass is 278 g/mol. The summed E-state index contributed by atoms with van der Waals surface area (Å²) >= 11 is 3.41. The molecule has 3 heteroatoms. The van der Waals surface area contributed by atoms with Gasteiger partial charge in [0, 0.05) is 12.0 Å². The summed E-state index contributed by atoms with van der Waals surface area (Å²) in [4.78, 5) is 11.0. The Hall–Kier alpha value is -1.35. The van der Waals surface area contributed by atoms with Crippen molar-refractivity contribution < 1.29 is 9.21 Å². The number of Topliss-reactive ketones (excluding diaryl/α,β-unsaturated/α-hetero) is 1. The van der Waals surface area contributed by atoms with Crippen molar-refractivity contribution in [3.05, 3.63) is 46.6 Å². The molecule has 0 aliphatic rings. The van der Waals surface area contributed by atoms with Gasteiger partial charge in [-0.3, -0.25) is 4.79 Å². The molecule has 2 rings (SSSR count). The van der Waals surface area contributed by atoms with Gasteiger partial charge in [-0.15, -0.1) is 0 Å². The first-order valence-electron chi connectivity index (χ1n) is 4.98. The first-order chi connectivity index (χ1) is 7.66. The van der Waals surface area contributed by atoms with Crippen LogP contribution in [0.2, 0.25) is 0 Å². The lowest BCUT2D eigenvalue weighted by atomic mass is 10.1. The van der Waals surface area contributed by atoms with Crippen LogP contribution in [0.4, 0.5) is 0 Å². The predicted octanol–water partition coefficient (Wildman–Crippen LogP) is 3.84. The molecule has 82 valence electrons. The lowest BCUT2D eigenvalue weighted by molar-refractivity contribution is -0.116. The molecular weight excluding hydrogens is 268 g/mol. The Morgan fingerprint density at radius 1 is 1.25 bits per heavy atom. The van der Waals surface area contributed by atoms with Crippen LogP contribution in [0.5, 0.6) is 0 Å². The van der Waals surface area contributed by atoms with Crippen LogP contribution >= 0.6 is 15.9 Å². The molecule has 0 fully saturated rings. The number of halogens is 1. The Bertz CT molecular complexity index is 497. The molecule has 1 aromatic carbocycles. The van der Waals surface area contributed by atoms with Gasteiger partial charge in [-0.1, -0.05) is 24.3 Å². The smallest absolute Gasteiger partial charge is 0.148 e. The van der Waals surface area contributed by atoms with Crippen molar-refractivity contribution in [3.63, 3.8) is 0 Å². The number of hydrogen-bond donors (Lipinski definition) is 0. The van der Waals surface area contributed by atoms with Crippen LogP contribution in [0.25, 0.3) is 11.3 Å². The Balaban J connectivity index is 2.26. The van der Waals surface area contributed by atoms with E-state index in [1.807, 2.05) is 30.3 Å². The molecule has 2 aromatic rings. The average molecular weight is 279 g/mol. The zero-order chi connectivity index (χ0) is 11.5. The van der Waals surface area contributed by atoms with Crippen molar-refractivity contribution in [2.45, 2.75) is 13.3 Å². The number of benzene rings is 1. The molecule has 0 aliphatic carbocycles. The zero-order valence-electron chi connectivity index (χ0n) is 8.87. The SMILES string of the molecule is CC(=O)Cc1ccc(-c2occc2Br)cc1. The van der Waals surface area contributed by atoms with Crippen LogP contribution in [0, 0.1) is 0 Å². The fourth-order valence-electron chi connectivity index (χ4n) is 1.56. The zero-order valence-corrected chi connectivity index (χ0v) is 10.5. The van der Waals surface area contributed by atoms with E-state index in [1.54, 1.807) is 13.2 Å². The molecule has 0 spiro atoms. The normalized spacial score (nSPS) is 10.4. The summed E-state index contributed by atoms with van der Waals surface area (Å²) in [6, 6.07) is 9.68. The quantitative estimate of drug-likeness (QED) is 0.854. The molecule has 0 atom stereocenters. The van der Waals surface area contributed by atoms with Crippen LogP contribution in [0.15, 0.2) is 45.5 Å². The minimum atomic E-state index is 0.173. The summed E-state index contributed by atoms with van der Waals surface area (Å²) < 4.78 is 6.29. The molecule has 16 heavy (non-hydrogen) atoms. The van der Waals surface area contributed by atoms with Crippen LogP contribution in [-0.2, 0) is 11.2 Å². The van der Waals surface area contributed by atoms with Gasteiger partial charge in [-0.25, -0.2) is 0 Å². The lowest BCUT2D eigenvalue weighted by Crippen LogP contribution is -1.95. The van der Waals surface area contributed by atoms with Gasteiger partial charge in [0.25, 0.3) is 0 Å². The minimum absolute atomic E-state index is 0.173. The maximum atomic E-state index is 11.0. The van der Waals surface area contributed by atoms with Crippen molar-refractivity contribution in [2.75, 3.05) is 0 Å². The maximum absolute atomic E-state index is 11.0. The first-order valence-corrected chi connectivity index (χ1v) is 5.78. The molecule has 0 unspecified atom stereocenters. The molecule has 0 bridgehead atoms. The van der Waals surface area contributed by atoms with E-state index in [2.05, 4.69) is 15.9 Å². The van der Waals surface area contributed by atoms with Gasteiger partial charge < -0.3 is 4.42 Å². The summed E-state index contributed by atoms with van der Waals surface area (Å²) in [5, 5.41) is 0. The van der Waals surface area contributed by atoms with Crippen molar-refractivity contribution in [2.24, 2.45) is 0 Å². The first kappa shape index (κ1) is 11.1. The Morgan fingerprint density at radius 3 is 2.44 bits per heavy atom. The number of hydrogen-bond acceptors (Lipinski definition) is 2. The van der Waals surface area contributed by atoms with Gasteiger partial charge >= 0.3 is 0 Å². The molecule has 1 aromatic heterocycles. The number of rotatable bonds is 3. The molecule has 2 nitrogen and oxygen atoms in total. The highest BCUT2D eigenvalue weighted by atomic mass is 79.9. The Kier molecular flexibility index (Phi) is 3.25. The van der Waals surface area contributed by atoms with Gasteiger partial charge in [-0.2, -0.15) is 0 Å². The highest BCUT2D eigenvalue weighted by Gasteiger charge is 2.06. The average Bonchev–Trinajstić information content (AvgIpc) is 2.65. The van der Waals surface area contributed by atoms with Crippen LogP contribution in [0.3, 0.4) is 0 Å². The van der Waals surface area contributed by atoms with Crippen LogP contribution < -0.4 is 0 Å². The molecule has 0 saturated carbocycles. The largest absolute Gasteiger partial charge is 0.463 e. The van der Waals surface area contributed by atoms with Gasteiger partial charge in [0.15, 0.2) is 0 Å². The fraction of sp³-hybridized carbons (Fsp3) is 0.154. The van der Waals surface area contributed by atoms with E-state index in [-0.39, 0.29) is 5.78 Å². The van der Waals surface area contributed by atoms with E-state index in [0.717, 1.165) is 21.4 Å². The summed E-state index contributed by atoms with van der Waals surface area (Å²) in [5.41, 5.74) is 2.03. The lowest BCUT2D eigenvalue weighted by Gasteiger charge is -2.01. The Morgan fingerprint density at radius 2 is 1.94 bits per heavy atom. The number of ketones is 1. The second-order valence-electron chi connectivity index (χ2n) is 3.67. The summed E-state index contributed by atoms with van der Waals surface area (Å²) in [6.07, 6.45) is 2.13. The van der Waals surface area contributed by atoms with E-state index < -0.39 is 0 Å². The fourth-order valence-corrected chi connectivity index (χ4v) is 1.99. The minimum Gasteiger partial charge on any atom is -0.463 e. The van der Waals surface area contributed by atoms with E-state index >= 15 is 0 Å². The standard InChI is InChI=1S/C13H11BrO2/c1-9(15)8-10-2-4-11(5-3-10)13-12(14)6-7-16-13/h2-7H,8H2,1H3. The number of carbonyl (C=O) groups is 1. The van der Waals surface area contributed by atoms with Crippen molar-refractivity contribution in [1.82, 2.24) is 0 Å². The molecule has 1 heterocycles. The predicted molar refractivity (Wildman–Crippen MR) is 66.2 cm³/mol. The maximum Gasteiger partial charge on any atom is 0.148 e. The highest BCUT2D eigenvalue weighted by Crippen LogP contribution is 2.29. The van der Waals surface area contributed by atoms with Gasteiger partial charge in [0.05, 0.1) is 10.7 Å². The topological polar surface area (TPSA) is 30.2 Å². The summed E-state index contributed by atoms with van der Waals surface area (Å²) in [7, 11) is 0. The van der Waals surface area contributed by atoms with E-state index in [0.29, 0.717) is 6.42 Å². The van der Waals surface area contributed by atoms with Gasteiger partial charge in [-0.05, 0) is 34.5 Å². The van der Waals surface area contributed by atoms with Gasteiger partial charge in [0.2, 0.25) is 0 Å². The third-order valence-corrected chi connectivity index (χ3v) is 2.91. The van der Waals surface area contributed by atoms with Crippen molar-refractivity contribution in [3.8, 4) is 11.3 Å². The molecule has 0 aliphatic heterocycles. The van der Waals surface area contributed by atoms with Crippen molar-refractivity contribution >= 4 is 21.7 Å². The van der Waals surface area contributed by atoms with E-state index in [1.165, 1.54) is 0 Å².